The Balaban J connectivity index is 1.16. The number of benzene rings is 3. The van der Waals surface area contributed by atoms with E-state index in [2.05, 4.69) is 4.90 Å². The lowest BCUT2D eigenvalue weighted by atomic mass is 10.1. The van der Waals surface area contributed by atoms with Crippen molar-refractivity contribution in [3.8, 4) is 28.8 Å². The SMILES string of the molecule is Cn1nc(-c2ccc(OCc3ccccc3)nc2OCc2ccccc2)c2ccc(OCCCN3CCN(C(=O)O)CC3)cc21. The summed E-state index contributed by atoms with van der Waals surface area (Å²) in [6.45, 7) is 4.81. The Morgan fingerprint density at radius 3 is 2.20 bits per heavy atom. The molecule has 6 rings (SSSR count). The van der Waals surface area contributed by atoms with Gasteiger partial charge in [-0.3, -0.25) is 9.58 Å². The first kappa shape index (κ1) is 30.0. The Hall–Kier alpha value is -5.09. The standard InChI is InChI=1S/C35H37N5O5/c1-38-31-23-28(43-22-8-17-39-18-20-40(21-19-39)35(41)42)13-14-29(31)33(37-38)30-15-16-32(44-24-26-9-4-2-5-10-26)36-34(30)45-25-27-11-6-3-7-12-27/h2-7,9-16,23H,8,17-22,24-25H2,1H3,(H,41,42). The molecule has 3 heterocycles. The lowest BCUT2D eigenvalue weighted by molar-refractivity contribution is 0.103. The lowest BCUT2D eigenvalue weighted by Gasteiger charge is -2.32. The fourth-order valence-electron chi connectivity index (χ4n) is 5.42. The van der Waals surface area contributed by atoms with E-state index in [1.54, 1.807) is 0 Å². The third-order valence-electron chi connectivity index (χ3n) is 7.89. The number of carboxylic acid groups (broad SMARTS) is 1. The Morgan fingerprint density at radius 1 is 0.822 bits per heavy atom. The predicted octanol–water partition coefficient (Wildman–Crippen LogP) is 5.86. The predicted molar refractivity (Wildman–Crippen MR) is 172 cm³/mol. The van der Waals surface area contributed by atoms with Crippen molar-refractivity contribution in [1.82, 2.24) is 24.6 Å². The maximum absolute atomic E-state index is 11.1. The highest BCUT2D eigenvalue weighted by Crippen LogP contribution is 2.36. The van der Waals surface area contributed by atoms with Gasteiger partial charge in [-0.05, 0) is 35.7 Å². The van der Waals surface area contributed by atoms with E-state index in [1.807, 2.05) is 103 Å². The summed E-state index contributed by atoms with van der Waals surface area (Å²) in [5.74, 6) is 1.70. The molecule has 45 heavy (non-hydrogen) atoms. The van der Waals surface area contributed by atoms with Crippen LogP contribution in [0.5, 0.6) is 17.5 Å². The number of piperazine rings is 1. The van der Waals surface area contributed by atoms with Gasteiger partial charge in [0.2, 0.25) is 11.8 Å². The monoisotopic (exact) mass is 607 g/mol. The van der Waals surface area contributed by atoms with Crippen molar-refractivity contribution in [1.29, 1.82) is 0 Å². The number of amides is 1. The number of hydrogen-bond donors (Lipinski definition) is 1. The normalized spacial score (nSPS) is 13.6. The van der Waals surface area contributed by atoms with Gasteiger partial charge in [0, 0.05) is 57.3 Å². The fourth-order valence-corrected chi connectivity index (χ4v) is 5.42. The molecule has 2 aromatic heterocycles. The van der Waals surface area contributed by atoms with Crippen LogP contribution in [0.3, 0.4) is 0 Å². The molecule has 3 aromatic carbocycles. The summed E-state index contributed by atoms with van der Waals surface area (Å²) < 4.78 is 20.3. The molecule has 0 saturated carbocycles. The summed E-state index contributed by atoms with van der Waals surface area (Å²) in [7, 11) is 1.92. The molecule has 0 spiro atoms. The van der Waals surface area contributed by atoms with E-state index in [1.165, 1.54) is 4.90 Å². The van der Waals surface area contributed by atoms with Crippen LogP contribution in [0.25, 0.3) is 22.2 Å². The third-order valence-corrected chi connectivity index (χ3v) is 7.89. The first-order valence-corrected chi connectivity index (χ1v) is 15.2. The first-order valence-electron chi connectivity index (χ1n) is 15.2. The van der Waals surface area contributed by atoms with Crippen molar-refractivity contribution >= 4 is 17.0 Å². The Kier molecular flexibility index (Phi) is 9.41. The largest absolute Gasteiger partial charge is 0.493 e. The van der Waals surface area contributed by atoms with E-state index in [0.29, 0.717) is 44.7 Å². The van der Waals surface area contributed by atoms with Gasteiger partial charge >= 0.3 is 6.09 Å². The molecular formula is C35H37N5O5. The van der Waals surface area contributed by atoms with Gasteiger partial charge in [0.15, 0.2) is 0 Å². The highest BCUT2D eigenvalue weighted by molar-refractivity contribution is 5.95. The van der Waals surface area contributed by atoms with E-state index >= 15 is 0 Å². The molecule has 0 atom stereocenters. The molecule has 1 amide bonds. The summed E-state index contributed by atoms with van der Waals surface area (Å²) in [4.78, 5) is 19.6. The van der Waals surface area contributed by atoms with E-state index < -0.39 is 6.09 Å². The zero-order valence-electron chi connectivity index (χ0n) is 25.3. The number of aromatic nitrogens is 3. The number of aryl methyl sites for hydroxylation is 1. The van der Waals surface area contributed by atoms with Crippen LogP contribution < -0.4 is 14.2 Å². The van der Waals surface area contributed by atoms with Crippen LogP contribution in [0.2, 0.25) is 0 Å². The zero-order chi connectivity index (χ0) is 31.0. The van der Waals surface area contributed by atoms with Crippen LogP contribution in [0.1, 0.15) is 17.5 Å². The van der Waals surface area contributed by atoms with Gasteiger partial charge in [-0.2, -0.15) is 10.1 Å². The number of hydrogen-bond acceptors (Lipinski definition) is 7. The van der Waals surface area contributed by atoms with E-state index in [-0.39, 0.29) is 0 Å². The summed E-state index contributed by atoms with van der Waals surface area (Å²) in [5.41, 5.74) is 4.58. The van der Waals surface area contributed by atoms with E-state index in [0.717, 1.165) is 65.1 Å². The molecule has 232 valence electrons. The second kappa shape index (κ2) is 14.1. The van der Waals surface area contributed by atoms with Crippen molar-refractivity contribution in [2.45, 2.75) is 19.6 Å². The molecule has 0 unspecified atom stereocenters. The highest BCUT2D eigenvalue weighted by Gasteiger charge is 2.20. The molecule has 1 aliphatic rings. The Labute approximate surface area is 262 Å². The highest BCUT2D eigenvalue weighted by atomic mass is 16.5. The number of carbonyl (C=O) groups is 1. The second-order valence-electron chi connectivity index (χ2n) is 11.0. The van der Waals surface area contributed by atoms with Crippen LogP contribution in [-0.2, 0) is 20.3 Å². The van der Waals surface area contributed by atoms with Crippen molar-refractivity contribution in [2.75, 3.05) is 39.3 Å². The van der Waals surface area contributed by atoms with Crippen molar-refractivity contribution in [3.63, 3.8) is 0 Å². The van der Waals surface area contributed by atoms with Crippen LogP contribution in [0, 0.1) is 0 Å². The minimum Gasteiger partial charge on any atom is -0.493 e. The average Bonchev–Trinajstić information content (AvgIpc) is 3.41. The lowest BCUT2D eigenvalue weighted by Crippen LogP contribution is -2.48. The molecule has 10 heteroatoms. The van der Waals surface area contributed by atoms with Crippen LogP contribution in [-0.4, -0.2) is 75.1 Å². The molecule has 0 aliphatic carbocycles. The summed E-state index contributed by atoms with van der Waals surface area (Å²) in [6, 6.07) is 29.8. The molecule has 0 bridgehead atoms. The molecule has 1 saturated heterocycles. The fraction of sp³-hybridized carbons (Fsp3) is 0.286. The molecule has 1 fully saturated rings. The summed E-state index contributed by atoms with van der Waals surface area (Å²) in [6.07, 6.45) is 0.0116. The van der Waals surface area contributed by atoms with E-state index in [9.17, 15) is 4.79 Å². The van der Waals surface area contributed by atoms with Crippen LogP contribution in [0.4, 0.5) is 4.79 Å². The zero-order valence-corrected chi connectivity index (χ0v) is 25.3. The van der Waals surface area contributed by atoms with Crippen molar-refractivity contribution < 1.29 is 24.1 Å². The smallest absolute Gasteiger partial charge is 0.407 e. The minimum atomic E-state index is -0.844. The van der Waals surface area contributed by atoms with Gasteiger partial charge < -0.3 is 24.2 Å². The maximum Gasteiger partial charge on any atom is 0.407 e. The topological polar surface area (TPSA) is 102 Å². The molecule has 1 N–H and O–H groups in total. The number of fused-ring (bicyclic) bond motifs is 1. The Bertz CT molecular complexity index is 1720. The molecule has 1 aliphatic heterocycles. The molecule has 0 radical (unpaired) electrons. The van der Waals surface area contributed by atoms with Crippen molar-refractivity contribution in [3.05, 3.63) is 102 Å². The maximum atomic E-state index is 11.1. The van der Waals surface area contributed by atoms with Gasteiger partial charge in [-0.15, -0.1) is 0 Å². The minimum absolute atomic E-state index is 0.362. The number of pyridine rings is 1. The van der Waals surface area contributed by atoms with Crippen LogP contribution >= 0.6 is 0 Å². The average molecular weight is 608 g/mol. The van der Waals surface area contributed by atoms with Crippen molar-refractivity contribution in [2.24, 2.45) is 7.05 Å². The van der Waals surface area contributed by atoms with Gasteiger partial charge in [-0.1, -0.05) is 60.7 Å². The quantitative estimate of drug-likeness (QED) is 0.176. The Morgan fingerprint density at radius 2 is 1.51 bits per heavy atom. The van der Waals surface area contributed by atoms with Gasteiger partial charge in [0.05, 0.1) is 17.7 Å². The molecule has 10 nitrogen and oxygen atoms in total. The van der Waals surface area contributed by atoms with Gasteiger partial charge in [0.25, 0.3) is 0 Å². The number of nitrogens with zero attached hydrogens (tertiary/aromatic N) is 5. The number of rotatable bonds is 12. The van der Waals surface area contributed by atoms with Gasteiger partial charge in [0.1, 0.15) is 24.7 Å². The first-order chi connectivity index (χ1) is 22.0. The second-order valence-corrected chi connectivity index (χ2v) is 11.0. The molecule has 5 aromatic rings. The van der Waals surface area contributed by atoms with E-state index in [4.69, 9.17) is 29.4 Å². The summed E-state index contributed by atoms with van der Waals surface area (Å²) >= 11 is 0. The number of ether oxygens (including phenoxy) is 3. The van der Waals surface area contributed by atoms with Gasteiger partial charge in [-0.25, -0.2) is 4.79 Å². The summed E-state index contributed by atoms with van der Waals surface area (Å²) in [5, 5.41) is 15.0. The third kappa shape index (κ3) is 7.53. The molecular weight excluding hydrogens is 570 g/mol. The van der Waals surface area contributed by atoms with Crippen LogP contribution in [0.15, 0.2) is 91.0 Å².